The lowest BCUT2D eigenvalue weighted by Gasteiger charge is -2.31. The SMILES string of the molecule is Cc1cc(C)c2c(c1)C(NC(=O)C1CC(=O)N(C)C1c1cccc(Cl)c1)CCO2. The van der Waals surface area contributed by atoms with E-state index < -0.39 is 5.92 Å². The summed E-state index contributed by atoms with van der Waals surface area (Å²) in [5.74, 6) is 0.264. The van der Waals surface area contributed by atoms with E-state index >= 15 is 0 Å². The Balaban J connectivity index is 1.61. The van der Waals surface area contributed by atoms with E-state index in [-0.39, 0.29) is 30.3 Å². The van der Waals surface area contributed by atoms with Crippen LogP contribution in [0.1, 0.15) is 47.2 Å². The number of nitrogens with one attached hydrogen (secondary N) is 1. The average molecular weight is 413 g/mol. The molecule has 2 aliphatic rings. The first-order chi connectivity index (χ1) is 13.8. The van der Waals surface area contributed by atoms with Gasteiger partial charge >= 0.3 is 0 Å². The van der Waals surface area contributed by atoms with Gasteiger partial charge in [0.1, 0.15) is 5.75 Å². The van der Waals surface area contributed by atoms with Crippen LogP contribution in [0.3, 0.4) is 0 Å². The summed E-state index contributed by atoms with van der Waals surface area (Å²) in [6.45, 7) is 4.62. The molecule has 0 aliphatic carbocycles. The Bertz CT molecular complexity index is 975. The molecule has 2 amide bonds. The highest BCUT2D eigenvalue weighted by molar-refractivity contribution is 6.30. The van der Waals surface area contributed by atoms with E-state index in [9.17, 15) is 9.59 Å². The van der Waals surface area contributed by atoms with Gasteiger partial charge in [-0.15, -0.1) is 0 Å². The summed E-state index contributed by atoms with van der Waals surface area (Å²) in [4.78, 5) is 27.4. The van der Waals surface area contributed by atoms with Gasteiger partial charge in [-0.2, -0.15) is 0 Å². The third-order valence-corrected chi connectivity index (χ3v) is 6.14. The van der Waals surface area contributed by atoms with E-state index in [0.717, 1.165) is 28.0 Å². The van der Waals surface area contributed by atoms with Crippen molar-refractivity contribution in [3.8, 4) is 5.75 Å². The summed E-state index contributed by atoms with van der Waals surface area (Å²) in [5, 5.41) is 3.79. The average Bonchev–Trinajstić information content (AvgIpc) is 2.97. The van der Waals surface area contributed by atoms with Crippen molar-refractivity contribution in [2.75, 3.05) is 13.7 Å². The highest BCUT2D eigenvalue weighted by Gasteiger charge is 2.43. The summed E-state index contributed by atoms with van der Waals surface area (Å²) in [6, 6.07) is 11.1. The molecule has 2 aromatic rings. The molecule has 3 atom stereocenters. The second kappa shape index (κ2) is 7.71. The number of amides is 2. The van der Waals surface area contributed by atoms with Crippen molar-refractivity contribution in [2.45, 2.75) is 38.8 Å². The van der Waals surface area contributed by atoms with Gasteiger partial charge < -0.3 is 15.0 Å². The van der Waals surface area contributed by atoms with Gasteiger partial charge in [-0.25, -0.2) is 0 Å². The minimum Gasteiger partial charge on any atom is -0.493 e. The number of aryl methyl sites for hydroxylation is 2. The first-order valence-corrected chi connectivity index (χ1v) is 10.3. The zero-order valence-electron chi connectivity index (χ0n) is 16.9. The Hall–Kier alpha value is -2.53. The second-order valence-corrected chi connectivity index (χ2v) is 8.45. The molecule has 152 valence electrons. The van der Waals surface area contributed by atoms with Crippen LogP contribution in [-0.4, -0.2) is 30.4 Å². The maximum Gasteiger partial charge on any atom is 0.226 e. The van der Waals surface area contributed by atoms with Crippen LogP contribution in [-0.2, 0) is 9.59 Å². The predicted octanol–water partition coefficient (Wildman–Crippen LogP) is 4.12. The highest BCUT2D eigenvalue weighted by Crippen LogP contribution is 2.40. The molecule has 5 nitrogen and oxygen atoms in total. The monoisotopic (exact) mass is 412 g/mol. The van der Waals surface area contributed by atoms with Crippen molar-refractivity contribution in [1.29, 1.82) is 0 Å². The molecule has 0 bridgehead atoms. The van der Waals surface area contributed by atoms with E-state index in [2.05, 4.69) is 17.4 Å². The molecule has 3 unspecified atom stereocenters. The van der Waals surface area contributed by atoms with Gasteiger partial charge in [0, 0.05) is 30.5 Å². The number of ether oxygens (including phenoxy) is 1. The standard InChI is InChI=1S/C23H25ClN2O3/c1-13-9-14(2)22-17(10-13)19(7-8-29-22)25-23(28)18-12-20(27)26(3)21(18)15-5-4-6-16(24)11-15/h4-6,9-11,18-19,21H,7-8,12H2,1-3H3,(H,25,28). The quantitative estimate of drug-likeness (QED) is 0.825. The lowest BCUT2D eigenvalue weighted by atomic mass is 9.91. The van der Waals surface area contributed by atoms with Crippen LogP contribution in [0.2, 0.25) is 5.02 Å². The molecule has 1 fully saturated rings. The number of likely N-dealkylation sites (tertiary alicyclic amines) is 1. The molecule has 0 radical (unpaired) electrons. The van der Waals surface area contributed by atoms with E-state index in [1.165, 1.54) is 0 Å². The van der Waals surface area contributed by atoms with Crippen LogP contribution in [0, 0.1) is 19.8 Å². The van der Waals surface area contributed by atoms with Gasteiger partial charge in [-0.3, -0.25) is 9.59 Å². The lowest BCUT2D eigenvalue weighted by Crippen LogP contribution is -2.38. The van der Waals surface area contributed by atoms with Gasteiger partial charge in [0.15, 0.2) is 0 Å². The van der Waals surface area contributed by atoms with Gasteiger partial charge in [0.05, 0.1) is 24.6 Å². The molecule has 2 aromatic carbocycles. The van der Waals surface area contributed by atoms with Crippen LogP contribution in [0.4, 0.5) is 0 Å². The molecule has 1 N–H and O–H groups in total. The molecule has 2 heterocycles. The zero-order chi connectivity index (χ0) is 20.7. The molecular formula is C23H25ClN2O3. The third-order valence-electron chi connectivity index (χ3n) is 5.91. The largest absolute Gasteiger partial charge is 0.493 e. The van der Waals surface area contributed by atoms with E-state index in [1.54, 1.807) is 18.0 Å². The fraction of sp³-hybridized carbons (Fsp3) is 0.391. The number of fused-ring (bicyclic) bond motifs is 1. The minimum atomic E-state index is -0.455. The normalized spacial score (nSPS) is 23.5. The fourth-order valence-corrected chi connectivity index (χ4v) is 4.76. The smallest absolute Gasteiger partial charge is 0.226 e. The van der Waals surface area contributed by atoms with Gasteiger partial charge in [-0.05, 0) is 37.1 Å². The summed E-state index contributed by atoms with van der Waals surface area (Å²) in [5.41, 5.74) is 4.11. The van der Waals surface area contributed by atoms with Gasteiger partial charge in [0.2, 0.25) is 11.8 Å². The second-order valence-electron chi connectivity index (χ2n) is 8.01. The van der Waals surface area contributed by atoms with Crippen molar-refractivity contribution in [3.05, 3.63) is 63.7 Å². The molecule has 1 saturated heterocycles. The molecule has 0 saturated carbocycles. The number of carbonyl (C=O) groups excluding carboxylic acids is 2. The van der Waals surface area contributed by atoms with E-state index in [1.807, 2.05) is 32.0 Å². The summed E-state index contributed by atoms with van der Waals surface area (Å²) < 4.78 is 5.86. The first-order valence-electron chi connectivity index (χ1n) is 9.90. The van der Waals surface area contributed by atoms with E-state index in [0.29, 0.717) is 18.1 Å². The number of carbonyl (C=O) groups is 2. The molecule has 6 heteroatoms. The molecule has 0 spiro atoms. The Morgan fingerprint density at radius 1 is 1.24 bits per heavy atom. The Labute approximate surface area is 176 Å². The summed E-state index contributed by atoms with van der Waals surface area (Å²) in [6.07, 6.45) is 0.905. The van der Waals surface area contributed by atoms with Crippen molar-refractivity contribution < 1.29 is 14.3 Å². The topological polar surface area (TPSA) is 58.6 Å². The van der Waals surface area contributed by atoms with Gasteiger partial charge in [-0.1, -0.05) is 41.4 Å². The Morgan fingerprint density at radius 3 is 2.79 bits per heavy atom. The molecule has 2 aliphatic heterocycles. The van der Waals surface area contributed by atoms with E-state index in [4.69, 9.17) is 16.3 Å². The number of benzene rings is 2. The number of rotatable bonds is 3. The zero-order valence-corrected chi connectivity index (χ0v) is 17.6. The minimum absolute atomic E-state index is 0.0332. The Kier molecular flexibility index (Phi) is 5.26. The van der Waals surface area contributed by atoms with Crippen molar-refractivity contribution in [1.82, 2.24) is 10.2 Å². The number of hydrogen-bond acceptors (Lipinski definition) is 3. The van der Waals surface area contributed by atoms with Crippen LogP contribution in [0.15, 0.2) is 36.4 Å². The molecule has 29 heavy (non-hydrogen) atoms. The third kappa shape index (κ3) is 3.71. The predicted molar refractivity (Wildman–Crippen MR) is 112 cm³/mol. The van der Waals surface area contributed by atoms with Crippen LogP contribution in [0.5, 0.6) is 5.75 Å². The van der Waals surface area contributed by atoms with Gasteiger partial charge in [0.25, 0.3) is 0 Å². The number of hydrogen-bond donors (Lipinski definition) is 1. The summed E-state index contributed by atoms with van der Waals surface area (Å²) >= 11 is 6.16. The number of halogens is 1. The fourth-order valence-electron chi connectivity index (χ4n) is 4.56. The van der Waals surface area contributed by atoms with Crippen LogP contribution >= 0.6 is 11.6 Å². The van der Waals surface area contributed by atoms with Crippen molar-refractivity contribution in [2.24, 2.45) is 5.92 Å². The van der Waals surface area contributed by atoms with Crippen LogP contribution < -0.4 is 10.1 Å². The van der Waals surface area contributed by atoms with Crippen LogP contribution in [0.25, 0.3) is 0 Å². The number of nitrogens with zero attached hydrogens (tertiary/aromatic N) is 1. The Morgan fingerprint density at radius 2 is 2.03 bits per heavy atom. The molecule has 0 aromatic heterocycles. The lowest BCUT2D eigenvalue weighted by molar-refractivity contribution is -0.128. The highest BCUT2D eigenvalue weighted by atomic mass is 35.5. The molecule has 4 rings (SSSR count). The first kappa shape index (κ1) is 19.8. The summed E-state index contributed by atoms with van der Waals surface area (Å²) in [7, 11) is 1.75. The maximum absolute atomic E-state index is 13.3. The van der Waals surface area contributed by atoms with Crippen molar-refractivity contribution >= 4 is 23.4 Å². The van der Waals surface area contributed by atoms with Crippen molar-refractivity contribution in [3.63, 3.8) is 0 Å². The maximum atomic E-state index is 13.3. The molecular weight excluding hydrogens is 388 g/mol.